The molecule has 15 heavy (non-hydrogen) atoms. The molecule has 0 saturated carbocycles. The Morgan fingerprint density at radius 3 is 1.93 bits per heavy atom. The molecule has 1 atom stereocenters. The summed E-state index contributed by atoms with van der Waals surface area (Å²) in [6.45, 7) is 6.99. The minimum atomic E-state index is -1.04. The fourth-order valence-corrected chi connectivity index (χ4v) is 0.339. The van der Waals surface area contributed by atoms with Gasteiger partial charge in [-0.05, 0) is 6.92 Å². The second kappa shape index (κ2) is 10.4. The van der Waals surface area contributed by atoms with Crippen LogP contribution in [0.4, 0.5) is 0 Å². The Morgan fingerprint density at radius 2 is 1.80 bits per heavy atom. The molecule has 0 fully saturated rings. The van der Waals surface area contributed by atoms with Gasteiger partial charge in [-0.3, -0.25) is 0 Å². The molecule has 0 aliphatic rings. The standard InChI is InChI=1S/C5H8O3.C4H6O3/c1-3-5(7)8-4(2)6;1-2-4(6)7-3-5/h3-4,6H,1H2,2H3;2,5H,1,3H2. The molecule has 0 rings (SSSR count). The van der Waals surface area contributed by atoms with Gasteiger partial charge in [0, 0.05) is 12.2 Å². The molecule has 0 saturated heterocycles. The summed E-state index contributed by atoms with van der Waals surface area (Å²) in [4.78, 5) is 20.0. The summed E-state index contributed by atoms with van der Waals surface area (Å²) >= 11 is 0. The maximum atomic E-state index is 10.1. The molecule has 0 bridgehead atoms. The van der Waals surface area contributed by atoms with Crippen molar-refractivity contribution in [3.63, 3.8) is 0 Å². The molecule has 0 aliphatic heterocycles. The average Bonchev–Trinajstić information content (AvgIpc) is 2.18. The first-order valence-corrected chi connectivity index (χ1v) is 3.89. The second-order valence-corrected chi connectivity index (χ2v) is 2.04. The van der Waals surface area contributed by atoms with Crippen molar-refractivity contribution >= 4 is 11.9 Å². The van der Waals surface area contributed by atoms with Crippen molar-refractivity contribution in [2.75, 3.05) is 6.79 Å². The minimum Gasteiger partial charge on any atom is -0.436 e. The molecule has 0 aliphatic carbocycles. The van der Waals surface area contributed by atoms with E-state index in [0.29, 0.717) is 0 Å². The Kier molecular flexibility index (Phi) is 11.0. The molecule has 0 amide bonds. The zero-order valence-corrected chi connectivity index (χ0v) is 8.38. The van der Waals surface area contributed by atoms with Crippen LogP contribution in [0.3, 0.4) is 0 Å². The number of rotatable bonds is 4. The van der Waals surface area contributed by atoms with Gasteiger partial charge in [0.05, 0.1) is 0 Å². The number of carbonyl (C=O) groups is 2. The summed E-state index contributed by atoms with van der Waals surface area (Å²) in [6.07, 6.45) is 0.934. The van der Waals surface area contributed by atoms with Crippen LogP contribution in [0.1, 0.15) is 6.92 Å². The quantitative estimate of drug-likeness (QED) is 0.383. The van der Waals surface area contributed by atoms with Gasteiger partial charge < -0.3 is 19.7 Å². The molecule has 0 radical (unpaired) electrons. The van der Waals surface area contributed by atoms with Crippen LogP contribution in [0.5, 0.6) is 0 Å². The Hall–Kier alpha value is -1.66. The third-order valence-electron chi connectivity index (χ3n) is 0.827. The molecule has 0 aromatic carbocycles. The van der Waals surface area contributed by atoms with Crippen LogP contribution in [0, 0.1) is 0 Å². The van der Waals surface area contributed by atoms with Crippen LogP contribution in [-0.2, 0) is 19.1 Å². The van der Waals surface area contributed by atoms with E-state index in [9.17, 15) is 9.59 Å². The molecular formula is C9H14O6. The molecule has 0 heterocycles. The molecule has 2 N–H and O–H groups in total. The zero-order valence-electron chi connectivity index (χ0n) is 8.38. The number of carbonyl (C=O) groups excluding carboxylic acids is 2. The van der Waals surface area contributed by atoms with Crippen LogP contribution in [0.2, 0.25) is 0 Å². The van der Waals surface area contributed by atoms with E-state index in [-0.39, 0.29) is 0 Å². The van der Waals surface area contributed by atoms with E-state index in [1.807, 2.05) is 0 Å². The van der Waals surface area contributed by atoms with E-state index < -0.39 is 25.0 Å². The van der Waals surface area contributed by atoms with Gasteiger partial charge in [0.2, 0.25) is 0 Å². The van der Waals surface area contributed by atoms with Crippen LogP contribution in [0.15, 0.2) is 25.3 Å². The average molecular weight is 218 g/mol. The predicted molar refractivity (Wildman–Crippen MR) is 51.3 cm³/mol. The maximum Gasteiger partial charge on any atom is 0.332 e. The molecule has 6 nitrogen and oxygen atoms in total. The zero-order chi connectivity index (χ0) is 12.3. The van der Waals surface area contributed by atoms with Gasteiger partial charge in [-0.25, -0.2) is 9.59 Å². The van der Waals surface area contributed by atoms with Crippen LogP contribution in [0.25, 0.3) is 0 Å². The van der Waals surface area contributed by atoms with Crippen molar-refractivity contribution in [1.82, 2.24) is 0 Å². The minimum absolute atomic E-state index is 0.579. The fourth-order valence-electron chi connectivity index (χ4n) is 0.339. The largest absolute Gasteiger partial charge is 0.436 e. The SMILES string of the molecule is C=CC(=O)OC(C)O.C=CC(=O)OCO. The number of aliphatic hydroxyl groups is 2. The van der Waals surface area contributed by atoms with Gasteiger partial charge in [0.25, 0.3) is 0 Å². The molecular weight excluding hydrogens is 204 g/mol. The first-order chi connectivity index (χ1) is 6.97. The fraction of sp³-hybridized carbons (Fsp3) is 0.333. The Bertz CT molecular complexity index is 221. The Labute approximate surface area is 87.4 Å². The van der Waals surface area contributed by atoms with E-state index >= 15 is 0 Å². The summed E-state index contributed by atoms with van der Waals surface area (Å²) in [5.41, 5.74) is 0. The van der Waals surface area contributed by atoms with E-state index in [2.05, 4.69) is 22.6 Å². The summed E-state index contributed by atoms with van der Waals surface area (Å²) in [6, 6.07) is 0. The van der Waals surface area contributed by atoms with Crippen molar-refractivity contribution in [2.45, 2.75) is 13.2 Å². The first kappa shape index (κ1) is 15.8. The number of hydrogen-bond donors (Lipinski definition) is 2. The lowest BCUT2D eigenvalue weighted by Gasteiger charge is -2.01. The topological polar surface area (TPSA) is 93.1 Å². The predicted octanol–water partition coefficient (Wildman–Crippen LogP) is -0.281. The highest BCUT2D eigenvalue weighted by Crippen LogP contribution is 1.84. The van der Waals surface area contributed by atoms with E-state index in [4.69, 9.17) is 10.2 Å². The monoisotopic (exact) mass is 218 g/mol. The first-order valence-electron chi connectivity index (χ1n) is 3.89. The van der Waals surface area contributed by atoms with Gasteiger partial charge in [-0.2, -0.15) is 0 Å². The highest BCUT2D eigenvalue weighted by molar-refractivity contribution is 5.81. The number of aliphatic hydroxyl groups excluding tert-OH is 2. The highest BCUT2D eigenvalue weighted by atomic mass is 16.6. The van der Waals surface area contributed by atoms with Crippen molar-refractivity contribution in [2.24, 2.45) is 0 Å². The normalized spacial score (nSPS) is 10.1. The van der Waals surface area contributed by atoms with Crippen molar-refractivity contribution in [1.29, 1.82) is 0 Å². The molecule has 0 spiro atoms. The second-order valence-electron chi connectivity index (χ2n) is 2.04. The third-order valence-corrected chi connectivity index (χ3v) is 0.827. The van der Waals surface area contributed by atoms with Crippen molar-refractivity contribution in [3.8, 4) is 0 Å². The lowest BCUT2D eigenvalue weighted by molar-refractivity contribution is -0.158. The lowest BCUT2D eigenvalue weighted by atomic mass is 10.6. The van der Waals surface area contributed by atoms with Gasteiger partial charge in [0.1, 0.15) is 0 Å². The van der Waals surface area contributed by atoms with Crippen molar-refractivity contribution in [3.05, 3.63) is 25.3 Å². The van der Waals surface area contributed by atoms with Gasteiger partial charge in [0.15, 0.2) is 13.1 Å². The number of ether oxygens (including phenoxy) is 2. The van der Waals surface area contributed by atoms with Crippen LogP contribution in [-0.4, -0.2) is 35.2 Å². The highest BCUT2D eigenvalue weighted by Gasteiger charge is 1.97. The molecule has 0 aromatic rings. The van der Waals surface area contributed by atoms with Gasteiger partial charge in [-0.15, -0.1) is 0 Å². The maximum absolute atomic E-state index is 10.1. The number of hydrogen-bond acceptors (Lipinski definition) is 6. The molecule has 86 valence electrons. The van der Waals surface area contributed by atoms with Gasteiger partial charge >= 0.3 is 11.9 Å². The van der Waals surface area contributed by atoms with Crippen LogP contribution >= 0.6 is 0 Å². The van der Waals surface area contributed by atoms with Crippen LogP contribution < -0.4 is 0 Å². The van der Waals surface area contributed by atoms with E-state index in [1.165, 1.54) is 6.92 Å². The van der Waals surface area contributed by atoms with Crippen molar-refractivity contribution < 1.29 is 29.3 Å². The molecule has 0 aromatic heterocycles. The lowest BCUT2D eigenvalue weighted by Crippen LogP contribution is -2.10. The summed E-state index contributed by atoms with van der Waals surface area (Å²) in [7, 11) is 0. The summed E-state index contributed by atoms with van der Waals surface area (Å²) in [5.74, 6) is -1.22. The summed E-state index contributed by atoms with van der Waals surface area (Å²) in [5, 5.41) is 16.2. The smallest absolute Gasteiger partial charge is 0.332 e. The molecule has 1 unspecified atom stereocenters. The van der Waals surface area contributed by atoms with E-state index in [1.54, 1.807) is 0 Å². The third kappa shape index (κ3) is 15.1. The van der Waals surface area contributed by atoms with E-state index in [0.717, 1.165) is 12.2 Å². The van der Waals surface area contributed by atoms with Gasteiger partial charge in [-0.1, -0.05) is 13.2 Å². The summed E-state index contributed by atoms with van der Waals surface area (Å²) < 4.78 is 8.19. The Morgan fingerprint density at radius 1 is 1.33 bits per heavy atom. The number of esters is 2. The Balaban J connectivity index is 0. The molecule has 6 heteroatoms.